The Morgan fingerprint density at radius 2 is 2.03 bits per heavy atom. The summed E-state index contributed by atoms with van der Waals surface area (Å²) in [6.07, 6.45) is -2.53. The molecule has 2 aromatic rings. The highest BCUT2D eigenvalue weighted by Gasteiger charge is 2.34. The maximum absolute atomic E-state index is 13.5. The zero-order valence-corrected chi connectivity index (χ0v) is 16.7. The first kappa shape index (κ1) is 21.8. The Labute approximate surface area is 171 Å². The minimum atomic E-state index is -4.80. The number of aromatic nitrogens is 2. The standard InChI is InChI=1S/C20H23F4N5O/c1-3-4-13-10-18(29-8-7-15(11-29)25-12(2)30)28-19(26-13)27-14-5-6-17(21)16(9-14)20(22,23)24/h5-6,9-10,15H,3-4,7-8,11H2,1-2H3,(H,25,30)(H,26,27,28)/t15-/m0/s1. The van der Waals surface area contributed by atoms with Crippen molar-refractivity contribution in [1.29, 1.82) is 0 Å². The van der Waals surface area contributed by atoms with Gasteiger partial charge < -0.3 is 15.5 Å². The van der Waals surface area contributed by atoms with E-state index in [9.17, 15) is 22.4 Å². The van der Waals surface area contributed by atoms with E-state index >= 15 is 0 Å². The number of anilines is 3. The lowest BCUT2D eigenvalue weighted by molar-refractivity contribution is -0.140. The predicted molar refractivity (Wildman–Crippen MR) is 105 cm³/mol. The van der Waals surface area contributed by atoms with Crippen LogP contribution in [-0.4, -0.2) is 35.0 Å². The molecule has 1 aliphatic heterocycles. The number of aryl methyl sites for hydroxylation is 1. The number of benzene rings is 1. The number of alkyl halides is 3. The van der Waals surface area contributed by atoms with Gasteiger partial charge in [-0.25, -0.2) is 9.37 Å². The summed E-state index contributed by atoms with van der Waals surface area (Å²) in [5.74, 6) is -0.675. The molecule has 0 radical (unpaired) electrons. The molecule has 1 amide bonds. The van der Waals surface area contributed by atoms with E-state index in [0.717, 1.165) is 24.6 Å². The van der Waals surface area contributed by atoms with Gasteiger partial charge in [-0.1, -0.05) is 13.3 Å². The second kappa shape index (κ2) is 8.85. The van der Waals surface area contributed by atoms with Gasteiger partial charge in [0.25, 0.3) is 0 Å². The number of rotatable bonds is 6. The highest BCUT2D eigenvalue weighted by atomic mass is 19.4. The van der Waals surface area contributed by atoms with Crippen LogP contribution in [-0.2, 0) is 17.4 Å². The third kappa shape index (κ3) is 5.37. The number of nitrogens with one attached hydrogen (secondary N) is 2. The third-order valence-corrected chi connectivity index (χ3v) is 4.72. The first-order chi connectivity index (χ1) is 14.2. The second-order valence-electron chi connectivity index (χ2n) is 7.24. The SMILES string of the molecule is CCCc1cc(N2CC[C@H](NC(C)=O)C2)nc(Nc2ccc(F)c(C(F)(F)F)c2)n1. The topological polar surface area (TPSA) is 70.2 Å². The first-order valence-corrected chi connectivity index (χ1v) is 9.69. The molecule has 1 aromatic carbocycles. The molecule has 0 saturated carbocycles. The summed E-state index contributed by atoms with van der Waals surface area (Å²) in [5, 5.41) is 5.64. The largest absolute Gasteiger partial charge is 0.419 e. The van der Waals surface area contributed by atoms with E-state index in [1.165, 1.54) is 13.0 Å². The number of amides is 1. The van der Waals surface area contributed by atoms with Crippen LogP contribution in [0.1, 0.15) is 37.9 Å². The van der Waals surface area contributed by atoms with Crippen LogP contribution in [0.25, 0.3) is 0 Å². The van der Waals surface area contributed by atoms with Crippen LogP contribution in [0.2, 0.25) is 0 Å². The molecule has 0 bridgehead atoms. The molecule has 162 valence electrons. The molecule has 1 saturated heterocycles. The van der Waals surface area contributed by atoms with Gasteiger partial charge in [0.2, 0.25) is 11.9 Å². The number of carbonyl (C=O) groups excluding carboxylic acids is 1. The van der Waals surface area contributed by atoms with E-state index in [0.29, 0.717) is 31.4 Å². The second-order valence-corrected chi connectivity index (χ2v) is 7.24. The van der Waals surface area contributed by atoms with Gasteiger partial charge in [-0.3, -0.25) is 4.79 Å². The lowest BCUT2D eigenvalue weighted by Crippen LogP contribution is -2.35. The Hall–Kier alpha value is -2.91. The van der Waals surface area contributed by atoms with E-state index in [-0.39, 0.29) is 23.6 Å². The smallest absolute Gasteiger partial charge is 0.354 e. The molecule has 1 fully saturated rings. The van der Waals surface area contributed by atoms with Crippen molar-refractivity contribution in [2.75, 3.05) is 23.3 Å². The summed E-state index contributed by atoms with van der Waals surface area (Å²) in [6, 6.07) is 4.53. The fraction of sp³-hybridized carbons (Fsp3) is 0.450. The lowest BCUT2D eigenvalue weighted by atomic mass is 10.2. The Morgan fingerprint density at radius 1 is 1.27 bits per heavy atom. The Kier molecular flexibility index (Phi) is 6.42. The molecule has 30 heavy (non-hydrogen) atoms. The van der Waals surface area contributed by atoms with Crippen LogP contribution in [0, 0.1) is 5.82 Å². The minimum Gasteiger partial charge on any atom is -0.354 e. The fourth-order valence-corrected chi connectivity index (χ4v) is 3.41. The van der Waals surface area contributed by atoms with Crippen molar-refractivity contribution in [3.63, 3.8) is 0 Å². The Balaban J connectivity index is 1.86. The first-order valence-electron chi connectivity index (χ1n) is 9.69. The number of hydrogen-bond donors (Lipinski definition) is 2. The van der Waals surface area contributed by atoms with Gasteiger partial charge in [0, 0.05) is 43.5 Å². The fourth-order valence-electron chi connectivity index (χ4n) is 3.41. The van der Waals surface area contributed by atoms with Crippen LogP contribution in [0.5, 0.6) is 0 Å². The zero-order valence-electron chi connectivity index (χ0n) is 16.7. The molecular weight excluding hydrogens is 402 g/mol. The highest BCUT2D eigenvalue weighted by Crippen LogP contribution is 2.33. The maximum atomic E-state index is 13.5. The van der Waals surface area contributed by atoms with Crippen LogP contribution < -0.4 is 15.5 Å². The van der Waals surface area contributed by atoms with Crippen LogP contribution in [0.4, 0.5) is 35.0 Å². The maximum Gasteiger partial charge on any atom is 0.419 e. The lowest BCUT2D eigenvalue weighted by Gasteiger charge is -2.20. The van der Waals surface area contributed by atoms with E-state index in [1.807, 2.05) is 17.9 Å². The van der Waals surface area contributed by atoms with Crippen LogP contribution >= 0.6 is 0 Å². The van der Waals surface area contributed by atoms with Crippen molar-refractivity contribution in [1.82, 2.24) is 15.3 Å². The van der Waals surface area contributed by atoms with Crippen molar-refractivity contribution in [3.8, 4) is 0 Å². The summed E-state index contributed by atoms with van der Waals surface area (Å²) >= 11 is 0. The molecule has 10 heteroatoms. The van der Waals surface area contributed by atoms with Gasteiger partial charge in [-0.15, -0.1) is 0 Å². The summed E-state index contributed by atoms with van der Waals surface area (Å²) in [5.41, 5.74) is -0.567. The van der Waals surface area contributed by atoms with E-state index in [4.69, 9.17) is 0 Å². The molecule has 0 spiro atoms. The highest BCUT2D eigenvalue weighted by molar-refractivity contribution is 5.73. The molecule has 2 heterocycles. The van der Waals surface area contributed by atoms with Crippen molar-refractivity contribution in [2.45, 2.75) is 45.3 Å². The van der Waals surface area contributed by atoms with Crippen LogP contribution in [0.3, 0.4) is 0 Å². The number of halogens is 4. The van der Waals surface area contributed by atoms with Gasteiger partial charge in [0.15, 0.2) is 0 Å². The average molecular weight is 425 g/mol. The summed E-state index contributed by atoms with van der Waals surface area (Å²) in [7, 11) is 0. The molecule has 6 nitrogen and oxygen atoms in total. The molecule has 3 rings (SSSR count). The van der Waals surface area contributed by atoms with Crippen LogP contribution in [0.15, 0.2) is 24.3 Å². The monoisotopic (exact) mass is 425 g/mol. The molecule has 0 unspecified atom stereocenters. The van der Waals surface area contributed by atoms with E-state index in [1.54, 1.807) is 0 Å². The Bertz CT molecular complexity index is 919. The zero-order chi connectivity index (χ0) is 21.9. The van der Waals surface area contributed by atoms with Crippen molar-refractivity contribution >= 4 is 23.4 Å². The van der Waals surface area contributed by atoms with Gasteiger partial charge in [0.1, 0.15) is 11.6 Å². The van der Waals surface area contributed by atoms with Gasteiger partial charge in [-0.2, -0.15) is 18.2 Å². The molecular formula is C20H23F4N5O. The van der Waals surface area contributed by atoms with Gasteiger partial charge in [-0.05, 0) is 31.0 Å². The molecule has 2 N–H and O–H groups in total. The number of hydrogen-bond acceptors (Lipinski definition) is 5. The van der Waals surface area contributed by atoms with Gasteiger partial charge in [0.05, 0.1) is 5.56 Å². The van der Waals surface area contributed by atoms with Gasteiger partial charge >= 0.3 is 6.18 Å². The average Bonchev–Trinajstić information content (AvgIpc) is 3.10. The predicted octanol–water partition coefficient (Wildman–Crippen LogP) is 4.05. The normalized spacial score (nSPS) is 16.6. The van der Waals surface area contributed by atoms with Crippen molar-refractivity contribution in [2.24, 2.45) is 0 Å². The third-order valence-electron chi connectivity index (χ3n) is 4.72. The summed E-state index contributed by atoms with van der Waals surface area (Å²) < 4.78 is 52.5. The van der Waals surface area contributed by atoms with E-state index in [2.05, 4.69) is 20.6 Å². The molecule has 0 aliphatic carbocycles. The van der Waals surface area contributed by atoms with E-state index < -0.39 is 17.6 Å². The minimum absolute atomic E-state index is 0.00921. The van der Waals surface area contributed by atoms with Crippen molar-refractivity contribution in [3.05, 3.63) is 41.3 Å². The number of carbonyl (C=O) groups is 1. The molecule has 1 aromatic heterocycles. The molecule has 1 aliphatic rings. The summed E-state index contributed by atoms with van der Waals surface area (Å²) in [4.78, 5) is 22.1. The Morgan fingerprint density at radius 3 is 2.70 bits per heavy atom. The summed E-state index contributed by atoms with van der Waals surface area (Å²) in [6.45, 7) is 4.72. The number of nitrogens with zero attached hydrogens (tertiary/aromatic N) is 3. The quantitative estimate of drug-likeness (QED) is 0.684. The van der Waals surface area contributed by atoms with Crippen molar-refractivity contribution < 1.29 is 22.4 Å². The molecule has 1 atom stereocenters.